The highest BCUT2D eigenvalue weighted by molar-refractivity contribution is 7.99. The van der Waals surface area contributed by atoms with Crippen LogP contribution in [0.25, 0.3) is 0 Å². The second-order valence-corrected chi connectivity index (χ2v) is 7.20. The molecule has 1 fully saturated rings. The number of hydrogen-bond donors (Lipinski definition) is 1. The summed E-state index contributed by atoms with van der Waals surface area (Å²) in [6.07, 6.45) is -2.96. The first-order valence-corrected chi connectivity index (χ1v) is 9.67. The van der Waals surface area contributed by atoms with Crippen LogP contribution in [0.3, 0.4) is 0 Å². The van der Waals surface area contributed by atoms with Gasteiger partial charge in [0.05, 0.1) is 43.0 Å². The van der Waals surface area contributed by atoms with Gasteiger partial charge in [-0.05, 0) is 17.7 Å². The van der Waals surface area contributed by atoms with Crippen LogP contribution in [0.2, 0.25) is 0 Å². The third-order valence-corrected chi connectivity index (χ3v) is 5.32. The van der Waals surface area contributed by atoms with Crippen molar-refractivity contribution >= 4 is 17.7 Å². The van der Waals surface area contributed by atoms with Crippen molar-refractivity contribution in [3.63, 3.8) is 0 Å². The Morgan fingerprint density at radius 3 is 2.71 bits per heavy atom. The minimum Gasteiger partial charge on any atom is -0.390 e. The number of thioether (sulfide) groups is 1. The SMILES string of the molecule is O=C(CSc1ncc(CO)n1Cc1cccc(C(F)(F)F)c1)N1CCOCC1. The number of imidazole rings is 1. The molecule has 1 aliphatic rings. The number of aliphatic hydroxyl groups is 1. The lowest BCUT2D eigenvalue weighted by Crippen LogP contribution is -2.41. The molecule has 10 heteroatoms. The normalized spacial score (nSPS) is 15.1. The molecule has 0 spiro atoms. The maximum absolute atomic E-state index is 12.9. The number of benzene rings is 1. The van der Waals surface area contributed by atoms with E-state index in [4.69, 9.17) is 4.74 Å². The van der Waals surface area contributed by atoms with E-state index < -0.39 is 11.7 Å². The highest BCUT2D eigenvalue weighted by Gasteiger charge is 2.30. The number of aliphatic hydroxyl groups excluding tert-OH is 1. The average Bonchev–Trinajstić information content (AvgIpc) is 3.08. The monoisotopic (exact) mass is 415 g/mol. The zero-order valence-electron chi connectivity index (χ0n) is 15.0. The van der Waals surface area contributed by atoms with Gasteiger partial charge in [-0.2, -0.15) is 13.2 Å². The number of alkyl halides is 3. The van der Waals surface area contributed by atoms with Crippen molar-refractivity contribution in [2.75, 3.05) is 32.1 Å². The number of hydrogen-bond acceptors (Lipinski definition) is 5. The van der Waals surface area contributed by atoms with Crippen LogP contribution in [-0.4, -0.2) is 57.5 Å². The van der Waals surface area contributed by atoms with Gasteiger partial charge in [-0.25, -0.2) is 4.98 Å². The summed E-state index contributed by atoms with van der Waals surface area (Å²) in [5.41, 5.74) is 0.176. The molecule has 0 saturated carbocycles. The number of ether oxygens (including phenoxy) is 1. The predicted molar refractivity (Wildman–Crippen MR) is 96.8 cm³/mol. The van der Waals surface area contributed by atoms with Gasteiger partial charge in [0.15, 0.2) is 5.16 Å². The maximum atomic E-state index is 12.9. The van der Waals surface area contributed by atoms with Crippen LogP contribution in [0, 0.1) is 0 Å². The lowest BCUT2D eigenvalue weighted by atomic mass is 10.1. The van der Waals surface area contributed by atoms with Crippen LogP contribution >= 0.6 is 11.8 Å². The largest absolute Gasteiger partial charge is 0.416 e. The molecule has 152 valence electrons. The van der Waals surface area contributed by atoms with E-state index in [1.807, 2.05) is 0 Å². The summed E-state index contributed by atoms with van der Waals surface area (Å²) < 4.78 is 45.7. The van der Waals surface area contributed by atoms with Crippen LogP contribution in [0.1, 0.15) is 16.8 Å². The minimum absolute atomic E-state index is 0.0486. The van der Waals surface area contributed by atoms with Crippen molar-refractivity contribution in [2.45, 2.75) is 24.5 Å². The minimum atomic E-state index is -4.42. The van der Waals surface area contributed by atoms with Gasteiger partial charge in [0.25, 0.3) is 0 Å². The van der Waals surface area contributed by atoms with Crippen LogP contribution < -0.4 is 0 Å². The van der Waals surface area contributed by atoms with Gasteiger partial charge in [0.2, 0.25) is 5.91 Å². The molecule has 0 bridgehead atoms. The zero-order chi connectivity index (χ0) is 20.1. The quantitative estimate of drug-likeness (QED) is 0.734. The van der Waals surface area contributed by atoms with Gasteiger partial charge in [-0.1, -0.05) is 23.9 Å². The van der Waals surface area contributed by atoms with Gasteiger partial charge in [-0.15, -0.1) is 0 Å². The molecular weight excluding hydrogens is 395 g/mol. The van der Waals surface area contributed by atoms with E-state index in [1.54, 1.807) is 15.5 Å². The van der Waals surface area contributed by atoms with Crippen LogP contribution in [0.5, 0.6) is 0 Å². The fourth-order valence-electron chi connectivity index (χ4n) is 2.86. The molecular formula is C18H20F3N3O3S. The van der Waals surface area contributed by atoms with Gasteiger partial charge < -0.3 is 19.3 Å². The maximum Gasteiger partial charge on any atom is 0.416 e. The summed E-state index contributed by atoms with van der Waals surface area (Å²) in [5.74, 6) is 0.109. The first-order valence-electron chi connectivity index (χ1n) is 8.68. The summed E-state index contributed by atoms with van der Waals surface area (Å²) in [5, 5.41) is 10.0. The first kappa shape index (κ1) is 20.7. The molecule has 3 rings (SSSR count). The third-order valence-electron chi connectivity index (χ3n) is 4.35. The van der Waals surface area contributed by atoms with E-state index in [-0.39, 0.29) is 24.8 Å². The van der Waals surface area contributed by atoms with Gasteiger partial charge in [0, 0.05) is 19.6 Å². The Kier molecular flexibility index (Phi) is 6.63. The number of aromatic nitrogens is 2. The van der Waals surface area contributed by atoms with Gasteiger partial charge >= 0.3 is 6.18 Å². The summed E-state index contributed by atoms with van der Waals surface area (Å²) >= 11 is 1.20. The summed E-state index contributed by atoms with van der Waals surface area (Å²) in [4.78, 5) is 18.2. The number of halogens is 3. The van der Waals surface area contributed by atoms with Crippen LogP contribution in [0.15, 0.2) is 35.6 Å². The number of nitrogens with zero attached hydrogens (tertiary/aromatic N) is 3. The Bertz CT molecular complexity index is 820. The number of carbonyl (C=O) groups is 1. The molecule has 2 heterocycles. The first-order chi connectivity index (χ1) is 13.4. The van der Waals surface area contributed by atoms with Crippen molar-refractivity contribution in [3.05, 3.63) is 47.3 Å². The van der Waals surface area contributed by atoms with Crippen LogP contribution in [0.4, 0.5) is 13.2 Å². The molecule has 6 nitrogen and oxygen atoms in total. The second-order valence-electron chi connectivity index (χ2n) is 6.26. The molecule has 28 heavy (non-hydrogen) atoms. The van der Waals surface area contributed by atoms with Crippen molar-refractivity contribution in [1.82, 2.24) is 14.5 Å². The molecule has 1 N–H and O–H groups in total. The molecule has 1 saturated heterocycles. The smallest absolute Gasteiger partial charge is 0.390 e. The molecule has 2 aromatic rings. The summed E-state index contributed by atoms with van der Waals surface area (Å²) in [7, 11) is 0. The number of carbonyl (C=O) groups excluding carboxylic acids is 1. The lowest BCUT2D eigenvalue weighted by molar-refractivity contribution is -0.137. The molecule has 0 radical (unpaired) electrons. The van der Waals surface area contributed by atoms with E-state index in [2.05, 4.69) is 4.98 Å². The highest BCUT2D eigenvalue weighted by atomic mass is 32.2. The fraction of sp³-hybridized carbons (Fsp3) is 0.444. The van der Waals surface area contributed by atoms with E-state index >= 15 is 0 Å². The van der Waals surface area contributed by atoms with E-state index in [0.29, 0.717) is 42.7 Å². The molecule has 0 atom stereocenters. The molecule has 1 aromatic heterocycles. The van der Waals surface area contributed by atoms with E-state index in [1.165, 1.54) is 24.0 Å². The van der Waals surface area contributed by atoms with Crippen molar-refractivity contribution in [3.8, 4) is 0 Å². The van der Waals surface area contributed by atoms with E-state index in [9.17, 15) is 23.1 Å². The van der Waals surface area contributed by atoms with Crippen molar-refractivity contribution in [1.29, 1.82) is 0 Å². The van der Waals surface area contributed by atoms with Crippen molar-refractivity contribution in [2.24, 2.45) is 0 Å². The standard InChI is InChI=1S/C18H20F3N3O3S/c19-18(20,21)14-3-1-2-13(8-14)10-24-15(11-25)9-22-17(24)28-12-16(26)23-4-6-27-7-5-23/h1-3,8-9,25H,4-7,10-12H2. The summed E-state index contributed by atoms with van der Waals surface area (Å²) in [6, 6.07) is 5.03. The number of amides is 1. The Labute approximate surface area is 164 Å². The molecule has 1 aliphatic heterocycles. The molecule has 0 aliphatic carbocycles. The third kappa shape index (κ3) is 5.06. The van der Waals surface area contributed by atoms with E-state index in [0.717, 1.165) is 12.1 Å². The predicted octanol–water partition coefficient (Wildman–Crippen LogP) is 2.39. The zero-order valence-corrected chi connectivity index (χ0v) is 15.8. The average molecular weight is 415 g/mol. The number of morpholine rings is 1. The van der Waals surface area contributed by atoms with Gasteiger partial charge in [-0.3, -0.25) is 4.79 Å². The van der Waals surface area contributed by atoms with Gasteiger partial charge in [0.1, 0.15) is 0 Å². The molecule has 0 unspecified atom stereocenters. The van der Waals surface area contributed by atoms with Crippen molar-refractivity contribution < 1.29 is 27.8 Å². The Balaban J connectivity index is 1.73. The Morgan fingerprint density at radius 2 is 2.04 bits per heavy atom. The topological polar surface area (TPSA) is 67.6 Å². The Hall–Kier alpha value is -2.04. The highest BCUT2D eigenvalue weighted by Crippen LogP contribution is 2.30. The molecule has 1 aromatic carbocycles. The second kappa shape index (κ2) is 8.97. The molecule has 1 amide bonds. The van der Waals surface area contributed by atoms with Crippen LogP contribution in [-0.2, 0) is 28.9 Å². The number of rotatable bonds is 6. The Morgan fingerprint density at radius 1 is 1.29 bits per heavy atom. The fourth-order valence-corrected chi connectivity index (χ4v) is 3.76. The summed E-state index contributed by atoms with van der Waals surface area (Å²) in [6.45, 7) is 1.92. The lowest BCUT2D eigenvalue weighted by Gasteiger charge is -2.26.